The monoisotopic (exact) mass is 180 g/mol. The Morgan fingerprint density at radius 3 is 2.85 bits per heavy atom. The zero-order chi connectivity index (χ0) is 9.68. The number of hydrogen-bond acceptors (Lipinski definition) is 2. The molecule has 3 heteroatoms. The van der Waals surface area contributed by atoms with E-state index in [1.807, 2.05) is 0 Å². The van der Waals surface area contributed by atoms with Crippen LogP contribution in [0.2, 0.25) is 0 Å². The van der Waals surface area contributed by atoms with Crippen molar-refractivity contribution >= 4 is 5.91 Å². The van der Waals surface area contributed by atoms with Gasteiger partial charge in [-0.1, -0.05) is 12.3 Å². The maximum Gasteiger partial charge on any atom is 0.237 e. The van der Waals surface area contributed by atoms with Gasteiger partial charge in [0.05, 0.1) is 12.6 Å². The van der Waals surface area contributed by atoms with Crippen LogP contribution in [-0.4, -0.2) is 18.5 Å². The van der Waals surface area contributed by atoms with E-state index < -0.39 is 0 Å². The van der Waals surface area contributed by atoms with Crippen LogP contribution in [0.15, 0.2) is 0 Å². The predicted molar refractivity (Wildman–Crippen MR) is 51.8 cm³/mol. The van der Waals surface area contributed by atoms with Gasteiger partial charge in [0, 0.05) is 0 Å². The van der Waals surface area contributed by atoms with E-state index in [1.54, 1.807) is 6.92 Å². The molecule has 3 N–H and O–H groups in total. The SMILES string of the molecule is CC#CCNC(=O)C(N)C1CCC1. The first-order valence-corrected chi connectivity index (χ1v) is 4.68. The van der Waals surface area contributed by atoms with Crippen LogP contribution in [0.1, 0.15) is 26.2 Å². The van der Waals surface area contributed by atoms with Crippen LogP contribution in [0.25, 0.3) is 0 Å². The maximum atomic E-state index is 11.3. The summed E-state index contributed by atoms with van der Waals surface area (Å²) in [5, 5.41) is 2.69. The summed E-state index contributed by atoms with van der Waals surface area (Å²) in [6.07, 6.45) is 3.39. The summed E-state index contributed by atoms with van der Waals surface area (Å²) in [7, 11) is 0. The second-order valence-electron chi connectivity index (χ2n) is 3.36. The summed E-state index contributed by atoms with van der Waals surface area (Å²) in [6, 6.07) is -0.326. The second kappa shape index (κ2) is 4.88. The summed E-state index contributed by atoms with van der Waals surface area (Å²) in [5.74, 6) is 5.82. The van der Waals surface area contributed by atoms with Gasteiger partial charge >= 0.3 is 0 Å². The van der Waals surface area contributed by atoms with Gasteiger partial charge in [0.15, 0.2) is 0 Å². The molecule has 1 amide bonds. The van der Waals surface area contributed by atoms with E-state index in [4.69, 9.17) is 5.73 Å². The third-order valence-corrected chi connectivity index (χ3v) is 2.49. The van der Waals surface area contributed by atoms with Crippen molar-refractivity contribution in [3.63, 3.8) is 0 Å². The Bertz CT molecular complexity index is 235. The zero-order valence-electron chi connectivity index (χ0n) is 7.97. The first-order chi connectivity index (χ1) is 6.25. The number of carbonyl (C=O) groups is 1. The van der Waals surface area contributed by atoms with Gasteiger partial charge in [0.2, 0.25) is 5.91 Å². The molecule has 1 aliphatic carbocycles. The van der Waals surface area contributed by atoms with E-state index >= 15 is 0 Å². The minimum absolute atomic E-state index is 0.0625. The van der Waals surface area contributed by atoms with Crippen molar-refractivity contribution in [3.05, 3.63) is 0 Å². The normalized spacial score (nSPS) is 18.0. The van der Waals surface area contributed by atoms with Crippen LogP contribution in [0.5, 0.6) is 0 Å². The predicted octanol–water partition coefficient (Wildman–Crippen LogP) is 0.253. The summed E-state index contributed by atoms with van der Waals surface area (Å²) < 4.78 is 0. The van der Waals surface area contributed by atoms with Gasteiger partial charge in [-0.3, -0.25) is 4.79 Å². The summed E-state index contributed by atoms with van der Waals surface area (Å²) in [6.45, 7) is 2.16. The average molecular weight is 180 g/mol. The summed E-state index contributed by atoms with van der Waals surface area (Å²) in [4.78, 5) is 11.3. The number of nitrogens with one attached hydrogen (secondary N) is 1. The lowest BCUT2D eigenvalue weighted by atomic mass is 9.80. The molecule has 1 fully saturated rings. The van der Waals surface area contributed by atoms with E-state index in [-0.39, 0.29) is 11.9 Å². The van der Waals surface area contributed by atoms with E-state index in [9.17, 15) is 4.79 Å². The number of nitrogens with two attached hydrogens (primary N) is 1. The molecular weight excluding hydrogens is 164 g/mol. The Balaban J connectivity index is 2.23. The van der Waals surface area contributed by atoms with Gasteiger partial charge in [-0.2, -0.15) is 0 Å². The number of hydrogen-bond donors (Lipinski definition) is 2. The Kier molecular flexibility index (Phi) is 3.78. The van der Waals surface area contributed by atoms with E-state index in [0.717, 1.165) is 12.8 Å². The van der Waals surface area contributed by atoms with Crippen LogP contribution in [0.3, 0.4) is 0 Å². The molecule has 1 unspecified atom stereocenters. The van der Waals surface area contributed by atoms with Crippen LogP contribution < -0.4 is 11.1 Å². The molecule has 0 spiro atoms. The highest BCUT2D eigenvalue weighted by molar-refractivity contribution is 5.82. The Morgan fingerprint density at radius 1 is 1.69 bits per heavy atom. The fraction of sp³-hybridized carbons (Fsp3) is 0.700. The van der Waals surface area contributed by atoms with Gasteiger partial charge < -0.3 is 11.1 Å². The van der Waals surface area contributed by atoms with Crippen LogP contribution in [-0.2, 0) is 4.79 Å². The molecule has 72 valence electrons. The standard InChI is InChI=1S/C10H16N2O/c1-2-3-7-12-10(13)9(11)8-5-4-6-8/h8-9H,4-7,11H2,1H3,(H,12,13). The van der Waals surface area contributed by atoms with Crippen LogP contribution in [0.4, 0.5) is 0 Å². The molecule has 0 aromatic carbocycles. The number of carbonyl (C=O) groups excluding carboxylic acids is 1. The highest BCUT2D eigenvalue weighted by Gasteiger charge is 2.28. The third-order valence-electron chi connectivity index (χ3n) is 2.49. The van der Waals surface area contributed by atoms with Crippen molar-refractivity contribution in [1.82, 2.24) is 5.32 Å². The first kappa shape index (κ1) is 10.1. The second-order valence-corrected chi connectivity index (χ2v) is 3.36. The molecule has 1 aliphatic rings. The Morgan fingerprint density at radius 2 is 2.38 bits per heavy atom. The molecule has 3 nitrogen and oxygen atoms in total. The summed E-state index contributed by atoms with van der Waals surface area (Å²) in [5.41, 5.74) is 5.74. The van der Waals surface area contributed by atoms with Crippen LogP contribution in [0, 0.1) is 17.8 Å². The van der Waals surface area contributed by atoms with E-state index in [2.05, 4.69) is 17.2 Å². The molecule has 0 heterocycles. The fourth-order valence-corrected chi connectivity index (χ4v) is 1.35. The number of rotatable bonds is 3. The molecule has 0 aromatic heterocycles. The lowest BCUT2D eigenvalue weighted by Crippen LogP contribution is -2.47. The highest BCUT2D eigenvalue weighted by atomic mass is 16.2. The van der Waals surface area contributed by atoms with E-state index in [0.29, 0.717) is 12.5 Å². The smallest absolute Gasteiger partial charge is 0.237 e. The van der Waals surface area contributed by atoms with Crippen molar-refractivity contribution in [3.8, 4) is 11.8 Å². The Hall–Kier alpha value is -1.01. The largest absolute Gasteiger partial charge is 0.344 e. The summed E-state index contributed by atoms with van der Waals surface area (Å²) >= 11 is 0. The topological polar surface area (TPSA) is 55.1 Å². The molecule has 0 radical (unpaired) electrons. The molecule has 1 saturated carbocycles. The third kappa shape index (κ3) is 2.74. The molecule has 13 heavy (non-hydrogen) atoms. The van der Waals surface area contributed by atoms with Crippen molar-refractivity contribution in [1.29, 1.82) is 0 Å². The molecule has 0 aliphatic heterocycles. The minimum Gasteiger partial charge on any atom is -0.344 e. The lowest BCUT2D eigenvalue weighted by Gasteiger charge is -2.29. The quantitative estimate of drug-likeness (QED) is 0.612. The molecule has 0 aromatic rings. The van der Waals surface area contributed by atoms with Gasteiger partial charge in [-0.15, -0.1) is 5.92 Å². The van der Waals surface area contributed by atoms with Gasteiger partial charge in [0.25, 0.3) is 0 Å². The molecular formula is C10H16N2O. The van der Waals surface area contributed by atoms with Gasteiger partial charge in [-0.25, -0.2) is 0 Å². The lowest BCUT2D eigenvalue weighted by molar-refractivity contribution is -0.123. The fourth-order valence-electron chi connectivity index (χ4n) is 1.35. The van der Waals surface area contributed by atoms with Crippen molar-refractivity contribution in [2.45, 2.75) is 32.2 Å². The Labute approximate surface area is 79.1 Å². The zero-order valence-corrected chi connectivity index (χ0v) is 7.97. The molecule has 0 saturated heterocycles. The van der Waals surface area contributed by atoms with E-state index in [1.165, 1.54) is 6.42 Å². The maximum absolute atomic E-state index is 11.3. The number of amides is 1. The molecule has 1 rings (SSSR count). The highest BCUT2D eigenvalue weighted by Crippen LogP contribution is 2.28. The van der Waals surface area contributed by atoms with Crippen molar-refractivity contribution < 1.29 is 4.79 Å². The minimum atomic E-state index is -0.326. The first-order valence-electron chi connectivity index (χ1n) is 4.68. The van der Waals surface area contributed by atoms with Gasteiger partial charge in [-0.05, 0) is 25.7 Å². The van der Waals surface area contributed by atoms with Gasteiger partial charge in [0.1, 0.15) is 0 Å². The molecule has 0 bridgehead atoms. The van der Waals surface area contributed by atoms with Crippen molar-refractivity contribution in [2.75, 3.05) is 6.54 Å². The average Bonchev–Trinajstić information content (AvgIpc) is 2.01. The molecule has 1 atom stereocenters. The van der Waals surface area contributed by atoms with Crippen molar-refractivity contribution in [2.24, 2.45) is 11.7 Å². The van der Waals surface area contributed by atoms with Crippen LogP contribution >= 0.6 is 0 Å².